The Morgan fingerprint density at radius 3 is 2.40 bits per heavy atom. The van der Waals surface area contributed by atoms with Gasteiger partial charge in [0.15, 0.2) is 6.10 Å². The Labute approximate surface area is 247 Å². The highest BCUT2D eigenvalue weighted by molar-refractivity contribution is 7.89. The third-order valence-corrected chi connectivity index (χ3v) is 9.09. The van der Waals surface area contributed by atoms with Crippen LogP contribution in [0.2, 0.25) is 5.02 Å². The van der Waals surface area contributed by atoms with Crippen molar-refractivity contribution < 1.29 is 37.7 Å². The van der Waals surface area contributed by atoms with Crippen molar-refractivity contribution in [1.29, 1.82) is 0 Å². The molecule has 2 aliphatic heterocycles. The number of hydrogen-bond acceptors (Lipinski definition) is 9. The molecule has 3 N–H and O–H groups in total. The molecule has 0 aliphatic carbocycles. The standard InChI is InChI=1S/C29H30ClN3O8S/c30-23-14-25-24(31-17-33(25)41-27-16-40-28-26(35)15-39-29(27)28)13-22(23)20-3-1-18(2-4-20)19-5-7-21(8-6-19)42(36,37)32-9-11-38-12-10-34/h1-8,13-14,17,26-29,32,34-35H,9-12,15-16H2/t26-,27-,28-,29+/m1/s1. The summed E-state index contributed by atoms with van der Waals surface area (Å²) < 4.78 is 45.5. The van der Waals surface area contributed by atoms with Crippen LogP contribution >= 0.6 is 11.6 Å². The molecule has 6 rings (SSSR count). The monoisotopic (exact) mass is 615 g/mol. The van der Waals surface area contributed by atoms with Crippen molar-refractivity contribution in [3.8, 4) is 22.3 Å². The van der Waals surface area contributed by atoms with Crippen molar-refractivity contribution in [2.75, 3.05) is 39.6 Å². The zero-order valence-electron chi connectivity index (χ0n) is 22.4. The van der Waals surface area contributed by atoms with Crippen molar-refractivity contribution in [1.82, 2.24) is 14.4 Å². The van der Waals surface area contributed by atoms with E-state index in [1.807, 2.05) is 30.3 Å². The lowest BCUT2D eigenvalue weighted by molar-refractivity contribution is -0.0395. The SMILES string of the molecule is O=S(=O)(NCCOCCO)c1ccc(-c2ccc(-c3cc4ncn(O[C@@H]5CO[C@H]6[C@H]5OC[C@H]6O)c4cc3Cl)cc2)cc1. The van der Waals surface area contributed by atoms with Gasteiger partial charge >= 0.3 is 0 Å². The van der Waals surface area contributed by atoms with E-state index in [1.165, 1.54) is 0 Å². The maximum absolute atomic E-state index is 12.5. The van der Waals surface area contributed by atoms with Crippen molar-refractivity contribution in [3.05, 3.63) is 72.0 Å². The molecule has 2 fully saturated rings. The molecule has 4 aromatic rings. The van der Waals surface area contributed by atoms with Crippen LogP contribution in [0, 0.1) is 0 Å². The number of sulfonamides is 1. The first kappa shape index (κ1) is 29.0. The second-order valence-electron chi connectivity index (χ2n) is 10.0. The number of aromatic nitrogens is 2. The summed E-state index contributed by atoms with van der Waals surface area (Å²) in [7, 11) is -3.67. The molecule has 0 bridgehead atoms. The van der Waals surface area contributed by atoms with Crippen LogP contribution in [0.5, 0.6) is 0 Å². The van der Waals surface area contributed by atoms with E-state index in [0.717, 1.165) is 22.3 Å². The average Bonchev–Trinajstić information content (AvgIpc) is 3.69. The topological polar surface area (TPSA) is 141 Å². The van der Waals surface area contributed by atoms with E-state index >= 15 is 0 Å². The second kappa shape index (κ2) is 12.3. The summed E-state index contributed by atoms with van der Waals surface area (Å²) in [6.45, 7) is 0.872. The minimum atomic E-state index is -3.67. The van der Waals surface area contributed by atoms with Gasteiger partial charge in [-0.15, -0.1) is 0 Å². The number of ether oxygens (including phenoxy) is 3. The Morgan fingerprint density at radius 2 is 1.67 bits per heavy atom. The third kappa shape index (κ3) is 5.90. The van der Waals surface area contributed by atoms with Gasteiger partial charge in [0.1, 0.15) is 30.2 Å². The van der Waals surface area contributed by atoms with Gasteiger partial charge in [0, 0.05) is 12.1 Å². The first-order chi connectivity index (χ1) is 20.3. The Kier molecular flexibility index (Phi) is 8.48. The molecule has 0 radical (unpaired) electrons. The average molecular weight is 616 g/mol. The van der Waals surface area contributed by atoms with Gasteiger partial charge in [0.05, 0.1) is 48.5 Å². The molecule has 3 heterocycles. The molecule has 42 heavy (non-hydrogen) atoms. The van der Waals surface area contributed by atoms with Crippen LogP contribution in [0.3, 0.4) is 0 Å². The first-order valence-electron chi connectivity index (χ1n) is 13.5. The maximum atomic E-state index is 12.5. The van der Waals surface area contributed by atoms with Gasteiger partial charge in [-0.1, -0.05) is 48.0 Å². The fourth-order valence-corrected chi connectivity index (χ4v) is 6.44. The zero-order valence-corrected chi connectivity index (χ0v) is 24.0. The number of nitrogens with zero attached hydrogens (tertiary/aromatic N) is 2. The molecular weight excluding hydrogens is 586 g/mol. The molecule has 1 aromatic heterocycles. The summed E-state index contributed by atoms with van der Waals surface area (Å²) in [5.74, 6) is 0. The van der Waals surface area contributed by atoms with Crippen molar-refractivity contribution in [3.63, 3.8) is 0 Å². The number of aliphatic hydroxyl groups excluding tert-OH is 2. The third-order valence-electron chi connectivity index (χ3n) is 7.30. The van der Waals surface area contributed by atoms with Crippen LogP contribution < -0.4 is 9.56 Å². The summed E-state index contributed by atoms with van der Waals surface area (Å²) in [5, 5.41) is 19.2. The number of nitrogens with one attached hydrogen (secondary N) is 1. The fourth-order valence-electron chi connectivity index (χ4n) is 5.16. The number of fused-ring (bicyclic) bond motifs is 2. The number of rotatable bonds is 11. The van der Waals surface area contributed by atoms with Gasteiger partial charge in [-0.2, -0.15) is 4.73 Å². The molecule has 0 spiro atoms. The lowest BCUT2D eigenvalue weighted by Gasteiger charge is -2.18. The highest BCUT2D eigenvalue weighted by Gasteiger charge is 2.49. The number of halogens is 1. The van der Waals surface area contributed by atoms with E-state index in [9.17, 15) is 13.5 Å². The van der Waals surface area contributed by atoms with Gasteiger partial charge in [0.25, 0.3) is 0 Å². The molecule has 0 saturated carbocycles. The first-order valence-corrected chi connectivity index (χ1v) is 15.3. The fraction of sp³-hybridized carbons (Fsp3) is 0.345. The van der Waals surface area contributed by atoms with Crippen LogP contribution in [-0.2, 0) is 24.2 Å². The summed E-state index contributed by atoms with van der Waals surface area (Å²) in [4.78, 5) is 10.7. The smallest absolute Gasteiger partial charge is 0.240 e. The molecule has 0 unspecified atom stereocenters. The highest BCUT2D eigenvalue weighted by atomic mass is 35.5. The van der Waals surface area contributed by atoms with E-state index in [0.29, 0.717) is 22.7 Å². The summed E-state index contributed by atoms with van der Waals surface area (Å²) in [6.07, 6.45) is -0.181. The summed E-state index contributed by atoms with van der Waals surface area (Å²) in [6, 6.07) is 18.1. The highest BCUT2D eigenvalue weighted by Crippen LogP contribution is 2.34. The van der Waals surface area contributed by atoms with Gasteiger partial charge in [-0.3, -0.25) is 0 Å². The van der Waals surface area contributed by atoms with E-state index < -0.39 is 16.1 Å². The van der Waals surface area contributed by atoms with Crippen LogP contribution in [0.1, 0.15) is 0 Å². The normalized spacial score (nSPS) is 22.1. The summed E-state index contributed by atoms with van der Waals surface area (Å²) >= 11 is 6.71. The minimum absolute atomic E-state index is 0.111. The van der Waals surface area contributed by atoms with Crippen LogP contribution in [0.25, 0.3) is 33.3 Å². The zero-order chi connectivity index (χ0) is 29.3. The Bertz CT molecular complexity index is 1650. The van der Waals surface area contributed by atoms with Gasteiger partial charge in [-0.05, 0) is 41.0 Å². The molecular formula is C29H30ClN3O8S. The lowest BCUT2D eigenvalue weighted by Crippen LogP contribution is -2.37. The summed E-state index contributed by atoms with van der Waals surface area (Å²) in [5.41, 5.74) is 4.88. The molecule has 3 aromatic carbocycles. The molecule has 0 amide bonds. The Balaban J connectivity index is 1.14. The quantitative estimate of drug-likeness (QED) is 0.217. The Hall–Kier alpha value is -3.07. The van der Waals surface area contributed by atoms with Crippen LogP contribution in [-0.4, -0.2) is 92.3 Å². The number of imidazole rings is 1. The van der Waals surface area contributed by atoms with Gasteiger partial charge in [-0.25, -0.2) is 18.1 Å². The van der Waals surface area contributed by atoms with Crippen LogP contribution in [0.4, 0.5) is 0 Å². The lowest BCUT2D eigenvalue weighted by atomic mass is 10.00. The van der Waals surface area contributed by atoms with Crippen LogP contribution in [0.15, 0.2) is 71.9 Å². The van der Waals surface area contributed by atoms with Gasteiger partial charge < -0.3 is 29.3 Å². The molecule has 13 heteroatoms. The molecule has 222 valence electrons. The second-order valence-corrected chi connectivity index (χ2v) is 12.2. The molecule has 2 saturated heterocycles. The maximum Gasteiger partial charge on any atom is 0.240 e. The van der Waals surface area contributed by atoms with Gasteiger partial charge in [0.2, 0.25) is 10.0 Å². The number of aliphatic hydroxyl groups is 2. The molecule has 11 nitrogen and oxygen atoms in total. The van der Waals surface area contributed by atoms with E-state index in [-0.39, 0.29) is 56.2 Å². The van der Waals surface area contributed by atoms with Crippen molar-refractivity contribution in [2.24, 2.45) is 0 Å². The number of hydrogen-bond donors (Lipinski definition) is 3. The Morgan fingerprint density at radius 1 is 0.976 bits per heavy atom. The van der Waals surface area contributed by atoms with E-state index in [1.54, 1.807) is 41.4 Å². The predicted molar refractivity (Wildman–Crippen MR) is 155 cm³/mol. The molecule has 4 atom stereocenters. The largest absolute Gasteiger partial charge is 0.404 e. The predicted octanol–water partition coefficient (Wildman–Crippen LogP) is 2.27. The molecule has 2 aliphatic rings. The minimum Gasteiger partial charge on any atom is -0.404 e. The van der Waals surface area contributed by atoms with Crippen molar-refractivity contribution in [2.45, 2.75) is 29.3 Å². The van der Waals surface area contributed by atoms with Crippen molar-refractivity contribution >= 4 is 32.7 Å². The van der Waals surface area contributed by atoms with E-state index in [4.69, 9.17) is 35.8 Å². The number of benzene rings is 3. The van der Waals surface area contributed by atoms with E-state index in [2.05, 4.69) is 9.71 Å².